The van der Waals surface area contributed by atoms with Gasteiger partial charge < -0.3 is 20.3 Å². The van der Waals surface area contributed by atoms with Gasteiger partial charge in [-0.3, -0.25) is 9.79 Å². The Kier molecular flexibility index (Phi) is 10.3. The zero-order valence-corrected chi connectivity index (χ0v) is 22.3. The number of allylic oxidation sites excluding steroid dienone is 2. The van der Waals surface area contributed by atoms with Crippen LogP contribution in [0.25, 0.3) is 11.1 Å². The summed E-state index contributed by atoms with van der Waals surface area (Å²) in [5.41, 5.74) is 5.54. The van der Waals surface area contributed by atoms with Gasteiger partial charge in [-0.1, -0.05) is 29.3 Å². The first-order valence-electron chi connectivity index (χ1n) is 12.5. The number of nitrogens with zero attached hydrogens (tertiary/aromatic N) is 3. The number of fused-ring (bicyclic) bond motifs is 1. The molecule has 1 atom stereocenters. The predicted octanol–water partition coefficient (Wildman–Crippen LogP) is 5.07. The summed E-state index contributed by atoms with van der Waals surface area (Å²) in [4.78, 5) is 30.4. The standard InChI is InChI=1S/C28H34ClN5O3/c1-19(2)37-28(36)34-15-11-20(12-16-34)22-5-4-6-24(25-17-21(29)7-8-23(22)25)26(10-14-32-18-31-3)33-27(35)9-13-30/h6-8,10,14,17-19,26H,4-5,9,11-12,15-16H2,1-3H3,(H,31,32)(H,33,35)/b14-10+. The molecule has 1 fully saturated rings. The lowest BCUT2D eigenvalue weighted by Crippen LogP contribution is -2.38. The molecule has 0 spiro atoms. The van der Waals surface area contributed by atoms with Crippen molar-refractivity contribution in [2.45, 2.75) is 58.1 Å². The van der Waals surface area contributed by atoms with Crippen LogP contribution in [0.2, 0.25) is 5.02 Å². The van der Waals surface area contributed by atoms with E-state index in [9.17, 15) is 9.59 Å². The maximum atomic E-state index is 12.4. The third-order valence-corrected chi connectivity index (χ3v) is 6.48. The number of nitriles is 1. The highest BCUT2D eigenvalue weighted by Gasteiger charge is 2.27. The second-order valence-electron chi connectivity index (χ2n) is 9.18. The van der Waals surface area contributed by atoms with E-state index >= 15 is 0 Å². The first kappa shape index (κ1) is 28.0. The molecule has 0 radical (unpaired) electrons. The van der Waals surface area contributed by atoms with Crippen LogP contribution in [0.4, 0.5) is 4.79 Å². The van der Waals surface area contributed by atoms with Crippen molar-refractivity contribution >= 4 is 41.1 Å². The van der Waals surface area contributed by atoms with Gasteiger partial charge in [0.25, 0.3) is 0 Å². The monoisotopic (exact) mass is 523 g/mol. The van der Waals surface area contributed by atoms with Crippen LogP contribution in [0.15, 0.2) is 47.1 Å². The minimum atomic E-state index is -0.465. The highest BCUT2D eigenvalue weighted by molar-refractivity contribution is 6.30. The molecule has 1 unspecified atom stereocenters. The molecular weight excluding hydrogens is 490 g/mol. The first-order chi connectivity index (χ1) is 17.8. The fourth-order valence-corrected chi connectivity index (χ4v) is 4.80. The van der Waals surface area contributed by atoms with Crippen LogP contribution in [0.5, 0.6) is 0 Å². The minimum absolute atomic E-state index is 0.143. The highest BCUT2D eigenvalue weighted by Crippen LogP contribution is 2.39. The van der Waals surface area contributed by atoms with E-state index in [4.69, 9.17) is 21.6 Å². The van der Waals surface area contributed by atoms with E-state index in [-0.39, 0.29) is 24.5 Å². The first-order valence-corrected chi connectivity index (χ1v) is 12.9. The summed E-state index contributed by atoms with van der Waals surface area (Å²) in [6.45, 7) is 4.94. The number of piperidine rings is 1. The third kappa shape index (κ3) is 7.70. The quantitative estimate of drug-likeness (QED) is 0.383. The molecule has 196 valence electrons. The van der Waals surface area contributed by atoms with Gasteiger partial charge in [0, 0.05) is 31.4 Å². The van der Waals surface area contributed by atoms with Crippen LogP contribution in [0, 0.1) is 11.3 Å². The number of nitrogens with one attached hydrogen (secondary N) is 2. The van der Waals surface area contributed by atoms with Crippen molar-refractivity contribution in [3.63, 3.8) is 0 Å². The molecule has 3 rings (SSSR count). The van der Waals surface area contributed by atoms with Gasteiger partial charge in [0.15, 0.2) is 0 Å². The van der Waals surface area contributed by atoms with Gasteiger partial charge >= 0.3 is 6.09 Å². The molecule has 0 aromatic heterocycles. The summed E-state index contributed by atoms with van der Waals surface area (Å²) in [5.74, 6) is -0.353. The van der Waals surface area contributed by atoms with E-state index in [2.05, 4.69) is 21.7 Å². The Hall–Kier alpha value is -3.57. The van der Waals surface area contributed by atoms with Crippen molar-refractivity contribution in [1.82, 2.24) is 15.5 Å². The van der Waals surface area contributed by atoms with Gasteiger partial charge in [0.1, 0.15) is 6.42 Å². The van der Waals surface area contributed by atoms with Gasteiger partial charge in [-0.25, -0.2) is 4.79 Å². The number of likely N-dealkylation sites (tertiary alicyclic amines) is 1. The lowest BCUT2D eigenvalue weighted by molar-refractivity contribution is -0.120. The van der Waals surface area contributed by atoms with E-state index in [1.807, 2.05) is 44.2 Å². The average Bonchev–Trinajstić information content (AvgIpc) is 3.05. The van der Waals surface area contributed by atoms with Gasteiger partial charge in [0.05, 0.1) is 24.6 Å². The summed E-state index contributed by atoms with van der Waals surface area (Å²) in [6, 6.07) is 7.30. The molecule has 0 bridgehead atoms. The largest absolute Gasteiger partial charge is 0.447 e. The zero-order chi connectivity index (χ0) is 26.8. The number of rotatable bonds is 7. The molecule has 1 aliphatic heterocycles. The van der Waals surface area contributed by atoms with Crippen molar-refractivity contribution in [3.05, 3.63) is 58.3 Å². The van der Waals surface area contributed by atoms with Crippen molar-refractivity contribution in [3.8, 4) is 6.07 Å². The number of halogens is 1. The number of hydrogen-bond acceptors (Lipinski definition) is 5. The van der Waals surface area contributed by atoms with E-state index in [0.29, 0.717) is 18.1 Å². The van der Waals surface area contributed by atoms with Crippen LogP contribution in [-0.2, 0) is 9.53 Å². The highest BCUT2D eigenvalue weighted by atomic mass is 35.5. The summed E-state index contributed by atoms with van der Waals surface area (Å²) in [5, 5.41) is 15.5. The van der Waals surface area contributed by atoms with Crippen molar-refractivity contribution < 1.29 is 14.3 Å². The summed E-state index contributed by atoms with van der Waals surface area (Å²) in [6.07, 6.45) is 9.78. The second-order valence-corrected chi connectivity index (χ2v) is 9.62. The third-order valence-electron chi connectivity index (χ3n) is 6.24. The molecular formula is C28H34ClN5O3. The van der Waals surface area contributed by atoms with E-state index in [1.165, 1.54) is 11.1 Å². The molecule has 37 heavy (non-hydrogen) atoms. The number of aliphatic imine (C=N–C) groups is 1. The fourth-order valence-electron chi connectivity index (χ4n) is 4.63. The number of ether oxygens (including phenoxy) is 1. The molecule has 1 heterocycles. The molecule has 0 saturated carbocycles. The second kappa shape index (κ2) is 13.7. The maximum absolute atomic E-state index is 12.4. The lowest BCUT2D eigenvalue weighted by atomic mass is 9.87. The lowest BCUT2D eigenvalue weighted by Gasteiger charge is -2.30. The Morgan fingerprint density at radius 3 is 2.68 bits per heavy atom. The summed E-state index contributed by atoms with van der Waals surface area (Å²) in [7, 11) is 1.66. The minimum Gasteiger partial charge on any atom is -0.447 e. The molecule has 1 aromatic carbocycles. The average molecular weight is 524 g/mol. The molecule has 1 aromatic rings. The normalized spacial score (nSPS) is 16.8. The number of carbonyl (C=O) groups excluding carboxylic acids is 2. The number of amides is 2. The van der Waals surface area contributed by atoms with Gasteiger partial charge in [0.2, 0.25) is 5.91 Å². The number of benzene rings is 1. The number of carbonyl (C=O) groups is 2. The molecule has 2 aliphatic rings. The Morgan fingerprint density at radius 1 is 1.24 bits per heavy atom. The van der Waals surface area contributed by atoms with Crippen LogP contribution in [0.3, 0.4) is 0 Å². The zero-order valence-electron chi connectivity index (χ0n) is 21.6. The Balaban J connectivity index is 1.94. The Bertz CT molecular complexity index is 1150. The maximum Gasteiger partial charge on any atom is 0.410 e. The van der Waals surface area contributed by atoms with Crippen molar-refractivity contribution in [2.24, 2.45) is 4.99 Å². The predicted molar refractivity (Wildman–Crippen MR) is 147 cm³/mol. The summed E-state index contributed by atoms with van der Waals surface area (Å²) < 4.78 is 5.37. The smallest absolute Gasteiger partial charge is 0.410 e. The molecule has 1 saturated heterocycles. The fraction of sp³-hybridized carbons (Fsp3) is 0.429. The van der Waals surface area contributed by atoms with E-state index in [0.717, 1.165) is 42.4 Å². The van der Waals surface area contributed by atoms with Gasteiger partial charge in [-0.05, 0) is 80.0 Å². The van der Waals surface area contributed by atoms with Crippen LogP contribution in [-0.4, -0.2) is 55.5 Å². The van der Waals surface area contributed by atoms with Crippen LogP contribution >= 0.6 is 11.6 Å². The SMILES string of the molecule is CN=CN/C=C/C(NC(=O)CC#N)C1=CCCC(=C2CCN(C(=O)OC(C)C)CC2)c2ccc(Cl)cc21. The summed E-state index contributed by atoms with van der Waals surface area (Å²) >= 11 is 6.45. The molecule has 9 heteroatoms. The molecule has 8 nitrogen and oxygen atoms in total. The molecule has 2 amide bonds. The van der Waals surface area contributed by atoms with Crippen molar-refractivity contribution in [1.29, 1.82) is 5.26 Å². The Labute approximate surface area is 223 Å². The van der Waals surface area contributed by atoms with E-state index < -0.39 is 6.04 Å². The van der Waals surface area contributed by atoms with Gasteiger partial charge in [-0.15, -0.1) is 0 Å². The molecule has 1 aliphatic carbocycles. The number of hydrogen-bond donors (Lipinski definition) is 2. The van der Waals surface area contributed by atoms with Gasteiger partial charge in [-0.2, -0.15) is 5.26 Å². The van der Waals surface area contributed by atoms with E-state index in [1.54, 1.807) is 24.5 Å². The Morgan fingerprint density at radius 2 is 2.00 bits per heavy atom. The van der Waals surface area contributed by atoms with Crippen LogP contribution in [0.1, 0.15) is 57.1 Å². The van der Waals surface area contributed by atoms with Crippen molar-refractivity contribution in [2.75, 3.05) is 20.1 Å². The topological polar surface area (TPSA) is 107 Å². The van der Waals surface area contributed by atoms with Crippen LogP contribution < -0.4 is 10.6 Å². The molecule has 2 N–H and O–H groups in total.